The normalized spacial score (nSPS) is 12.2. The Morgan fingerprint density at radius 3 is 2.30 bits per heavy atom. The molecule has 0 saturated carbocycles. The van der Waals surface area contributed by atoms with Crippen molar-refractivity contribution in [2.45, 2.75) is 26.2 Å². The molecular formula is C16H21NO2Si. The minimum Gasteiger partial charge on any atom is -0.530 e. The zero-order chi connectivity index (χ0) is 14.4. The number of nitrogens with zero attached hydrogens (tertiary/aromatic N) is 1. The van der Waals surface area contributed by atoms with E-state index in [0.29, 0.717) is 6.61 Å². The van der Waals surface area contributed by atoms with Crippen LogP contribution in [0.2, 0.25) is 19.6 Å². The van der Waals surface area contributed by atoms with E-state index in [4.69, 9.17) is 9.16 Å². The summed E-state index contributed by atoms with van der Waals surface area (Å²) in [6, 6.07) is 14.0. The maximum absolute atomic E-state index is 6.06. The van der Waals surface area contributed by atoms with Crippen LogP contribution in [-0.2, 0) is 15.8 Å². The van der Waals surface area contributed by atoms with Crippen LogP contribution in [0.25, 0.3) is 5.88 Å². The summed E-state index contributed by atoms with van der Waals surface area (Å²) in [5.41, 5.74) is 1.14. The third-order valence-electron chi connectivity index (χ3n) is 2.55. The van der Waals surface area contributed by atoms with Crippen molar-refractivity contribution in [3.63, 3.8) is 0 Å². The summed E-state index contributed by atoms with van der Waals surface area (Å²) >= 11 is 0. The zero-order valence-electron chi connectivity index (χ0n) is 12.2. The summed E-state index contributed by atoms with van der Waals surface area (Å²) in [6.45, 7) is 7.01. The Kier molecular flexibility index (Phi) is 4.68. The van der Waals surface area contributed by atoms with Gasteiger partial charge in [0.1, 0.15) is 12.9 Å². The smallest absolute Gasteiger partial charge is 0.244 e. The fraction of sp³-hybridized carbons (Fsp3) is 0.250. The highest BCUT2D eigenvalue weighted by molar-refractivity contribution is 6.70. The van der Waals surface area contributed by atoms with E-state index in [1.54, 1.807) is 6.26 Å². The molecule has 0 unspecified atom stereocenters. The topological polar surface area (TPSA) is 23.4 Å². The van der Waals surface area contributed by atoms with Gasteiger partial charge in [0.15, 0.2) is 0 Å². The van der Waals surface area contributed by atoms with E-state index in [1.165, 1.54) is 0 Å². The van der Waals surface area contributed by atoms with Gasteiger partial charge >= 0.3 is 0 Å². The van der Waals surface area contributed by atoms with Crippen molar-refractivity contribution in [3.05, 3.63) is 66.7 Å². The molecule has 0 amide bonds. The molecule has 0 atom stereocenters. The molecule has 0 saturated heterocycles. The lowest BCUT2D eigenvalue weighted by Crippen LogP contribution is -2.25. The summed E-state index contributed by atoms with van der Waals surface area (Å²) in [5, 5.41) is 0. The molecule has 1 aromatic carbocycles. The van der Waals surface area contributed by atoms with Crippen LogP contribution >= 0.6 is 0 Å². The molecule has 2 aromatic rings. The maximum atomic E-state index is 6.06. The fourth-order valence-corrected chi connectivity index (χ4v) is 2.50. The van der Waals surface area contributed by atoms with Gasteiger partial charge in [0.05, 0.1) is 0 Å². The van der Waals surface area contributed by atoms with Crippen LogP contribution in [0.3, 0.4) is 0 Å². The van der Waals surface area contributed by atoms with Gasteiger partial charge in [-0.25, -0.2) is 0 Å². The highest BCUT2D eigenvalue weighted by Crippen LogP contribution is 2.16. The Bertz CT molecular complexity index is 542. The van der Waals surface area contributed by atoms with E-state index in [2.05, 4.69) is 19.6 Å². The summed E-state index contributed by atoms with van der Waals surface area (Å²) in [6.07, 6.45) is 5.61. The van der Waals surface area contributed by atoms with Crippen LogP contribution in [0.15, 0.2) is 61.1 Å². The van der Waals surface area contributed by atoms with Gasteiger partial charge in [-0.05, 0) is 37.3 Å². The van der Waals surface area contributed by atoms with E-state index < -0.39 is 8.32 Å². The second kappa shape index (κ2) is 6.48. The van der Waals surface area contributed by atoms with E-state index >= 15 is 0 Å². The number of hydrogen-bond acceptors (Lipinski definition) is 2. The van der Waals surface area contributed by atoms with Crippen molar-refractivity contribution in [1.29, 1.82) is 0 Å². The van der Waals surface area contributed by atoms with E-state index in [9.17, 15) is 0 Å². The molecule has 3 nitrogen and oxygen atoms in total. The van der Waals surface area contributed by atoms with E-state index in [-0.39, 0.29) is 0 Å². The standard InChI is InChI=1S/C16H21NO2Si/c1-20(2,3)19-16(17-11-7-8-12-17)14-18-13-15-9-5-4-6-10-15/h4-12,14H,13H2,1-3H3/b16-14-. The molecule has 1 heterocycles. The first-order valence-electron chi connectivity index (χ1n) is 6.73. The average molecular weight is 287 g/mol. The molecule has 0 aliphatic carbocycles. The van der Waals surface area contributed by atoms with Gasteiger partial charge in [0, 0.05) is 12.4 Å². The van der Waals surface area contributed by atoms with E-state index in [0.717, 1.165) is 11.4 Å². The number of rotatable bonds is 6. The molecule has 0 N–H and O–H groups in total. The highest BCUT2D eigenvalue weighted by Gasteiger charge is 2.18. The van der Waals surface area contributed by atoms with Crippen molar-refractivity contribution in [2.75, 3.05) is 0 Å². The average Bonchev–Trinajstić information content (AvgIpc) is 2.91. The maximum Gasteiger partial charge on any atom is 0.244 e. The SMILES string of the molecule is C[Si](C)(C)O/C(=C\OCc1ccccc1)n1cccc1. The summed E-state index contributed by atoms with van der Waals surface area (Å²) in [5.74, 6) is 0.741. The lowest BCUT2D eigenvalue weighted by atomic mass is 10.2. The predicted octanol–water partition coefficient (Wildman–Crippen LogP) is 4.31. The van der Waals surface area contributed by atoms with E-state index in [1.807, 2.05) is 59.4 Å². The minimum atomic E-state index is -1.67. The summed E-state index contributed by atoms with van der Waals surface area (Å²) < 4.78 is 13.7. The van der Waals surface area contributed by atoms with Gasteiger partial charge in [-0.1, -0.05) is 30.3 Å². The van der Waals surface area contributed by atoms with Gasteiger partial charge in [0.25, 0.3) is 0 Å². The summed E-state index contributed by atoms with van der Waals surface area (Å²) in [7, 11) is -1.67. The second-order valence-electron chi connectivity index (χ2n) is 5.56. The van der Waals surface area contributed by atoms with Crippen molar-refractivity contribution in [3.8, 4) is 0 Å². The van der Waals surface area contributed by atoms with Crippen LogP contribution in [0.1, 0.15) is 5.56 Å². The highest BCUT2D eigenvalue weighted by atomic mass is 28.4. The number of ether oxygens (including phenoxy) is 1. The van der Waals surface area contributed by atoms with Crippen LogP contribution in [0.5, 0.6) is 0 Å². The van der Waals surface area contributed by atoms with Crippen LogP contribution in [0.4, 0.5) is 0 Å². The Hall–Kier alpha value is -1.94. The Balaban J connectivity index is 2.05. The van der Waals surface area contributed by atoms with Gasteiger partial charge in [-0.15, -0.1) is 0 Å². The molecule has 0 spiro atoms. The molecule has 20 heavy (non-hydrogen) atoms. The number of aromatic nitrogens is 1. The fourth-order valence-electron chi connectivity index (χ4n) is 1.72. The van der Waals surface area contributed by atoms with Crippen molar-refractivity contribution in [1.82, 2.24) is 4.57 Å². The second-order valence-corrected chi connectivity index (χ2v) is 9.99. The van der Waals surface area contributed by atoms with Crippen LogP contribution in [0, 0.1) is 0 Å². The van der Waals surface area contributed by atoms with Crippen molar-refractivity contribution < 1.29 is 9.16 Å². The molecule has 0 aliphatic rings. The molecule has 0 bridgehead atoms. The monoisotopic (exact) mass is 287 g/mol. The zero-order valence-corrected chi connectivity index (χ0v) is 13.2. The Morgan fingerprint density at radius 1 is 1.05 bits per heavy atom. The molecule has 2 rings (SSSR count). The number of hydrogen-bond donors (Lipinski definition) is 0. The lowest BCUT2D eigenvalue weighted by molar-refractivity contribution is 0.228. The van der Waals surface area contributed by atoms with Crippen molar-refractivity contribution >= 4 is 14.2 Å². The minimum absolute atomic E-state index is 0.542. The molecule has 0 aliphatic heterocycles. The first-order valence-corrected chi connectivity index (χ1v) is 10.1. The predicted molar refractivity (Wildman–Crippen MR) is 84.4 cm³/mol. The van der Waals surface area contributed by atoms with Gasteiger partial charge in [-0.3, -0.25) is 4.57 Å². The van der Waals surface area contributed by atoms with Gasteiger partial charge in [-0.2, -0.15) is 0 Å². The lowest BCUT2D eigenvalue weighted by Gasteiger charge is -2.22. The van der Waals surface area contributed by atoms with Crippen LogP contribution < -0.4 is 0 Å². The van der Waals surface area contributed by atoms with Gasteiger partial charge in [0.2, 0.25) is 14.2 Å². The molecular weight excluding hydrogens is 266 g/mol. The molecule has 4 heteroatoms. The Morgan fingerprint density at radius 2 is 1.70 bits per heavy atom. The molecule has 0 fully saturated rings. The quantitative estimate of drug-likeness (QED) is 0.584. The van der Waals surface area contributed by atoms with Crippen LogP contribution in [-0.4, -0.2) is 12.9 Å². The third-order valence-corrected chi connectivity index (χ3v) is 3.37. The summed E-state index contributed by atoms with van der Waals surface area (Å²) in [4.78, 5) is 0. The van der Waals surface area contributed by atoms with Gasteiger partial charge < -0.3 is 9.16 Å². The first kappa shape index (κ1) is 14.5. The largest absolute Gasteiger partial charge is 0.530 e. The molecule has 106 valence electrons. The Labute approximate surface area is 121 Å². The number of benzene rings is 1. The first-order chi connectivity index (χ1) is 9.54. The molecule has 1 aromatic heterocycles. The third kappa shape index (κ3) is 4.62. The molecule has 0 radical (unpaired) electrons. The van der Waals surface area contributed by atoms with Crippen molar-refractivity contribution in [2.24, 2.45) is 0 Å².